The van der Waals surface area contributed by atoms with Crippen molar-refractivity contribution in [1.82, 2.24) is 9.80 Å². The van der Waals surface area contributed by atoms with E-state index in [9.17, 15) is 4.79 Å². The molecule has 1 amide bonds. The van der Waals surface area contributed by atoms with Gasteiger partial charge in [0.25, 0.3) is 5.91 Å². The van der Waals surface area contributed by atoms with Gasteiger partial charge in [-0.25, -0.2) is 0 Å². The Labute approximate surface area is 115 Å². The number of amides is 1. The van der Waals surface area contributed by atoms with Crippen molar-refractivity contribution in [2.75, 3.05) is 27.2 Å². The zero-order valence-electron chi connectivity index (χ0n) is 11.8. The molecule has 0 spiro atoms. The first-order valence-corrected chi connectivity index (χ1v) is 6.86. The molecule has 1 fully saturated rings. The van der Waals surface area contributed by atoms with Crippen LogP contribution in [0, 0.1) is 0 Å². The molecule has 0 aromatic heterocycles. The minimum Gasteiger partial charge on any atom is -0.334 e. The van der Waals surface area contributed by atoms with Crippen LogP contribution in [0.2, 0.25) is 0 Å². The highest BCUT2D eigenvalue weighted by molar-refractivity contribution is 5.94. The Kier molecular flexibility index (Phi) is 4.56. The first kappa shape index (κ1) is 14.0. The molecule has 1 aliphatic rings. The molecule has 1 aromatic rings. The highest BCUT2D eigenvalue weighted by atomic mass is 16.2. The fourth-order valence-electron chi connectivity index (χ4n) is 2.71. The smallest absolute Gasteiger partial charge is 0.254 e. The Morgan fingerprint density at radius 1 is 1.47 bits per heavy atom. The molecule has 4 nitrogen and oxygen atoms in total. The number of nitrogens with zero attached hydrogens (tertiary/aromatic N) is 2. The van der Waals surface area contributed by atoms with Gasteiger partial charge in [0.1, 0.15) is 0 Å². The van der Waals surface area contributed by atoms with Gasteiger partial charge in [0.05, 0.1) is 0 Å². The second-order valence-electron chi connectivity index (χ2n) is 5.46. The second kappa shape index (κ2) is 6.17. The maximum Gasteiger partial charge on any atom is 0.254 e. The van der Waals surface area contributed by atoms with E-state index in [1.54, 1.807) is 0 Å². The van der Waals surface area contributed by atoms with E-state index in [-0.39, 0.29) is 5.91 Å². The highest BCUT2D eigenvalue weighted by Gasteiger charge is 2.29. The van der Waals surface area contributed by atoms with Crippen LogP contribution in [0.5, 0.6) is 0 Å². The van der Waals surface area contributed by atoms with Gasteiger partial charge in [-0.15, -0.1) is 0 Å². The number of hydrogen-bond donors (Lipinski definition) is 1. The quantitative estimate of drug-likeness (QED) is 0.889. The Morgan fingerprint density at radius 2 is 2.26 bits per heavy atom. The number of rotatable bonds is 4. The van der Waals surface area contributed by atoms with Crippen molar-refractivity contribution in [1.29, 1.82) is 0 Å². The molecule has 104 valence electrons. The number of likely N-dealkylation sites (tertiary alicyclic amines) is 1. The van der Waals surface area contributed by atoms with Crippen LogP contribution in [-0.2, 0) is 6.54 Å². The molecule has 0 radical (unpaired) electrons. The number of likely N-dealkylation sites (N-methyl/N-ethyl adjacent to an activating group) is 1. The molecule has 2 N–H and O–H groups in total. The Bertz CT molecular complexity index is 445. The highest BCUT2D eigenvalue weighted by Crippen LogP contribution is 2.21. The fraction of sp³-hybridized carbons (Fsp3) is 0.533. The van der Waals surface area contributed by atoms with Crippen molar-refractivity contribution in [2.24, 2.45) is 5.73 Å². The lowest BCUT2D eigenvalue weighted by molar-refractivity contribution is 0.0716. The van der Waals surface area contributed by atoms with Crippen molar-refractivity contribution in [3.05, 3.63) is 35.4 Å². The minimum atomic E-state index is 0.139. The monoisotopic (exact) mass is 261 g/mol. The van der Waals surface area contributed by atoms with Crippen LogP contribution in [0.3, 0.4) is 0 Å². The summed E-state index contributed by atoms with van der Waals surface area (Å²) < 4.78 is 0. The first-order chi connectivity index (χ1) is 9.11. The maximum absolute atomic E-state index is 12.6. The third kappa shape index (κ3) is 3.33. The largest absolute Gasteiger partial charge is 0.334 e. The average molecular weight is 261 g/mol. The van der Waals surface area contributed by atoms with Crippen LogP contribution in [0.4, 0.5) is 0 Å². The second-order valence-corrected chi connectivity index (χ2v) is 5.46. The van der Waals surface area contributed by atoms with Gasteiger partial charge in [0.2, 0.25) is 0 Å². The van der Waals surface area contributed by atoms with E-state index < -0.39 is 0 Å². The summed E-state index contributed by atoms with van der Waals surface area (Å²) in [6, 6.07) is 7.99. The summed E-state index contributed by atoms with van der Waals surface area (Å²) >= 11 is 0. The molecule has 19 heavy (non-hydrogen) atoms. The van der Waals surface area contributed by atoms with Gasteiger partial charge in [-0.3, -0.25) is 4.79 Å². The molecule has 4 heteroatoms. The SMILES string of the molecule is CN(C)CC1CCCN1C(=O)c1cccc(CN)c1. The maximum atomic E-state index is 12.6. The van der Waals surface area contributed by atoms with E-state index >= 15 is 0 Å². The Morgan fingerprint density at radius 3 is 2.95 bits per heavy atom. The molecule has 0 bridgehead atoms. The number of hydrogen-bond acceptors (Lipinski definition) is 3. The lowest BCUT2D eigenvalue weighted by Crippen LogP contribution is -2.41. The van der Waals surface area contributed by atoms with E-state index in [4.69, 9.17) is 5.73 Å². The predicted octanol–water partition coefficient (Wildman–Crippen LogP) is 1.31. The molecular formula is C15H23N3O. The van der Waals surface area contributed by atoms with Crippen molar-refractivity contribution in [2.45, 2.75) is 25.4 Å². The summed E-state index contributed by atoms with van der Waals surface area (Å²) in [7, 11) is 4.10. The van der Waals surface area contributed by atoms with Gasteiger partial charge in [0, 0.05) is 31.2 Å². The molecule has 1 heterocycles. The van der Waals surface area contributed by atoms with Crippen LogP contribution in [-0.4, -0.2) is 48.9 Å². The summed E-state index contributed by atoms with van der Waals surface area (Å²) in [5, 5.41) is 0. The van der Waals surface area contributed by atoms with Crippen molar-refractivity contribution >= 4 is 5.91 Å². The summed E-state index contributed by atoms with van der Waals surface area (Å²) in [6.07, 6.45) is 2.20. The third-order valence-corrected chi connectivity index (χ3v) is 3.62. The van der Waals surface area contributed by atoms with Gasteiger partial charge in [-0.2, -0.15) is 0 Å². The minimum absolute atomic E-state index is 0.139. The molecule has 1 saturated heterocycles. The third-order valence-electron chi connectivity index (χ3n) is 3.62. The van der Waals surface area contributed by atoms with Crippen molar-refractivity contribution < 1.29 is 4.79 Å². The van der Waals surface area contributed by atoms with Gasteiger partial charge in [-0.1, -0.05) is 12.1 Å². The average Bonchev–Trinajstić information content (AvgIpc) is 2.85. The van der Waals surface area contributed by atoms with Gasteiger partial charge >= 0.3 is 0 Å². The summed E-state index contributed by atoms with van der Waals surface area (Å²) in [6.45, 7) is 2.27. The first-order valence-electron chi connectivity index (χ1n) is 6.86. The van der Waals surface area contributed by atoms with Gasteiger partial charge < -0.3 is 15.5 Å². The molecule has 0 aliphatic carbocycles. The molecule has 1 atom stereocenters. The molecule has 1 aliphatic heterocycles. The van der Waals surface area contributed by atoms with E-state index in [0.717, 1.165) is 37.1 Å². The van der Waals surface area contributed by atoms with Crippen LogP contribution in [0.15, 0.2) is 24.3 Å². The predicted molar refractivity (Wildman–Crippen MR) is 76.9 cm³/mol. The zero-order chi connectivity index (χ0) is 13.8. The van der Waals surface area contributed by atoms with Gasteiger partial charge in [-0.05, 0) is 44.6 Å². The number of nitrogens with two attached hydrogens (primary N) is 1. The van der Waals surface area contributed by atoms with E-state index in [2.05, 4.69) is 19.0 Å². The van der Waals surface area contributed by atoms with Crippen LogP contribution in [0.1, 0.15) is 28.8 Å². The summed E-state index contributed by atoms with van der Waals surface area (Å²) in [4.78, 5) is 16.7. The van der Waals surface area contributed by atoms with E-state index in [1.807, 2.05) is 29.2 Å². The number of carbonyl (C=O) groups is 1. The molecule has 1 unspecified atom stereocenters. The summed E-state index contributed by atoms with van der Waals surface area (Å²) in [5.74, 6) is 0.139. The Balaban J connectivity index is 2.13. The zero-order valence-corrected chi connectivity index (χ0v) is 11.8. The van der Waals surface area contributed by atoms with Crippen molar-refractivity contribution in [3.63, 3.8) is 0 Å². The normalized spacial score (nSPS) is 19.2. The Hall–Kier alpha value is -1.39. The van der Waals surface area contributed by atoms with Crippen molar-refractivity contribution in [3.8, 4) is 0 Å². The van der Waals surface area contributed by atoms with Crippen LogP contribution in [0.25, 0.3) is 0 Å². The lowest BCUT2D eigenvalue weighted by Gasteiger charge is -2.27. The topological polar surface area (TPSA) is 49.6 Å². The summed E-state index contributed by atoms with van der Waals surface area (Å²) in [5.41, 5.74) is 7.40. The number of carbonyl (C=O) groups excluding carboxylic acids is 1. The standard InChI is InChI=1S/C15H23N3O/c1-17(2)11-14-7-4-8-18(14)15(19)13-6-3-5-12(9-13)10-16/h3,5-6,9,14H,4,7-8,10-11,16H2,1-2H3. The number of benzene rings is 1. The lowest BCUT2D eigenvalue weighted by atomic mass is 10.1. The van der Waals surface area contributed by atoms with E-state index in [1.165, 1.54) is 0 Å². The molecule has 2 rings (SSSR count). The molecular weight excluding hydrogens is 238 g/mol. The molecule has 0 saturated carbocycles. The van der Waals surface area contributed by atoms with Crippen LogP contribution < -0.4 is 5.73 Å². The van der Waals surface area contributed by atoms with E-state index in [0.29, 0.717) is 12.6 Å². The van der Waals surface area contributed by atoms with Gasteiger partial charge in [0.15, 0.2) is 0 Å². The fourth-order valence-corrected chi connectivity index (χ4v) is 2.71. The van der Waals surface area contributed by atoms with Crippen LogP contribution >= 0.6 is 0 Å². The molecule has 1 aromatic carbocycles.